The molecule has 2 rings (SSSR count). The van der Waals surface area contributed by atoms with Crippen molar-refractivity contribution >= 4 is 16.8 Å². The van der Waals surface area contributed by atoms with Gasteiger partial charge in [0, 0.05) is 24.5 Å². The molecule has 0 aliphatic heterocycles. The van der Waals surface area contributed by atoms with Crippen LogP contribution in [0.25, 0.3) is 10.9 Å². The predicted octanol–water partition coefficient (Wildman–Crippen LogP) is 2.12. The van der Waals surface area contributed by atoms with Gasteiger partial charge in [-0.15, -0.1) is 0 Å². The summed E-state index contributed by atoms with van der Waals surface area (Å²) < 4.78 is 1.79. The van der Waals surface area contributed by atoms with Gasteiger partial charge in [-0.05, 0) is 45.1 Å². The summed E-state index contributed by atoms with van der Waals surface area (Å²) in [6.45, 7) is 1.53. The lowest BCUT2D eigenvalue weighted by molar-refractivity contribution is 0.0906. The van der Waals surface area contributed by atoms with Crippen molar-refractivity contribution in [1.29, 1.82) is 0 Å². The third-order valence-electron chi connectivity index (χ3n) is 3.49. The number of benzene rings is 1. The molecule has 1 aromatic heterocycles. The first kappa shape index (κ1) is 14.8. The van der Waals surface area contributed by atoms with Crippen LogP contribution in [0.1, 0.15) is 23.2 Å². The zero-order chi connectivity index (χ0) is 14.5. The Morgan fingerprint density at radius 3 is 2.75 bits per heavy atom. The van der Waals surface area contributed by atoms with Crippen LogP contribution < -0.4 is 5.73 Å². The molecule has 0 radical (unpaired) electrons. The fraction of sp³-hybridized carbons (Fsp3) is 0.438. The zero-order valence-corrected chi connectivity index (χ0v) is 12.3. The number of rotatable bonds is 6. The number of carbonyl (C=O) groups excluding carboxylic acids is 1. The highest BCUT2D eigenvalue weighted by molar-refractivity contribution is 5.94. The quantitative estimate of drug-likeness (QED) is 0.877. The molecule has 2 aromatic rings. The molecular formula is C16H23N3O. The van der Waals surface area contributed by atoms with E-state index in [-0.39, 0.29) is 5.91 Å². The molecule has 1 heterocycles. The largest absolute Gasteiger partial charge is 0.330 e. The van der Waals surface area contributed by atoms with Crippen molar-refractivity contribution in [3.8, 4) is 0 Å². The highest BCUT2D eigenvalue weighted by atomic mass is 16.2. The molecule has 0 atom stereocenters. The number of nitrogens with zero attached hydrogens (tertiary/aromatic N) is 2. The lowest BCUT2D eigenvalue weighted by Crippen LogP contribution is -2.15. The number of fused-ring (bicyclic) bond motifs is 1. The smallest absolute Gasteiger partial charge is 0.231 e. The second kappa shape index (κ2) is 6.68. The average molecular weight is 273 g/mol. The Bertz CT molecular complexity index is 586. The number of hydrogen-bond acceptors (Lipinski definition) is 3. The van der Waals surface area contributed by atoms with Crippen LogP contribution in [0.15, 0.2) is 30.5 Å². The average Bonchev–Trinajstić information content (AvgIpc) is 2.81. The Morgan fingerprint density at radius 2 is 2.05 bits per heavy atom. The molecule has 2 N–H and O–H groups in total. The Hall–Kier alpha value is -1.65. The fourth-order valence-corrected chi connectivity index (χ4v) is 2.37. The van der Waals surface area contributed by atoms with Gasteiger partial charge in [-0.25, -0.2) is 0 Å². The third kappa shape index (κ3) is 3.26. The summed E-state index contributed by atoms with van der Waals surface area (Å²) in [5, 5.41) is 1.18. The Balaban J connectivity index is 2.32. The van der Waals surface area contributed by atoms with Crippen LogP contribution in [0.5, 0.6) is 0 Å². The van der Waals surface area contributed by atoms with E-state index in [4.69, 9.17) is 5.73 Å². The van der Waals surface area contributed by atoms with Crippen molar-refractivity contribution < 1.29 is 4.79 Å². The normalized spacial score (nSPS) is 11.4. The van der Waals surface area contributed by atoms with Gasteiger partial charge in [0.1, 0.15) is 0 Å². The summed E-state index contributed by atoms with van der Waals surface area (Å²) in [5.41, 5.74) is 7.72. The molecule has 0 saturated heterocycles. The van der Waals surface area contributed by atoms with Crippen molar-refractivity contribution in [3.05, 3.63) is 36.0 Å². The number of hydrogen-bond donors (Lipinski definition) is 1. The van der Waals surface area contributed by atoms with E-state index in [0.29, 0.717) is 13.0 Å². The molecule has 108 valence electrons. The van der Waals surface area contributed by atoms with E-state index in [2.05, 4.69) is 25.1 Å². The molecule has 0 amide bonds. The van der Waals surface area contributed by atoms with Gasteiger partial charge in [0.2, 0.25) is 5.91 Å². The van der Waals surface area contributed by atoms with Crippen LogP contribution in [0.2, 0.25) is 0 Å². The van der Waals surface area contributed by atoms with Gasteiger partial charge in [0.05, 0.1) is 5.52 Å². The summed E-state index contributed by atoms with van der Waals surface area (Å²) in [7, 11) is 4.12. The second-order valence-corrected chi connectivity index (χ2v) is 5.38. The minimum absolute atomic E-state index is 0.128. The zero-order valence-electron chi connectivity index (χ0n) is 12.3. The first-order valence-electron chi connectivity index (χ1n) is 7.10. The number of carbonyl (C=O) groups is 1. The van der Waals surface area contributed by atoms with Gasteiger partial charge in [0.15, 0.2) is 0 Å². The lowest BCUT2D eigenvalue weighted by Gasteiger charge is -2.07. The van der Waals surface area contributed by atoms with Crippen LogP contribution in [0, 0.1) is 0 Å². The highest BCUT2D eigenvalue weighted by Gasteiger charge is 2.12. The molecule has 0 spiro atoms. The summed E-state index contributed by atoms with van der Waals surface area (Å²) in [6, 6.07) is 8.10. The van der Waals surface area contributed by atoms with Crippen LogP contribution in [0.3, 0.4) is 0 Å². The van der Waals surface area contributed by atoms with Gasteiger partial charge >= 0.3 is 0 Å². The van der Waals surface area contributed by atoms with E-state index in [0.717, 1.165) is 24.9 Å². The van der Waals surface area contributed by atoms with E-state index >= 15 is 0 Å². The number of para-hydroxylation sites is 1. The van der Waals surface area contributed by atoms with Crippen molar-refractivity contribution in [1.82, 2.24) is 9.47 Å². The minimum Gasteiger partial charge on any atom is -0.330 e. The summed E-state index contributed by atoms with van der Waals surface area (Å²) in [6.07, 6.45) is 4.18. The molecule has 0 saturated carbocycles. The molecule has 4 heteroatoms. The molecule has 0 unspecified atom stereocenters. The number of nitrogens with two attached hydrogens (primary N) is 1. The maximum Gasteiger partial charge on any atom is 0.231 e. The Morgan fingerprint density at radius 1 is 1.30 bits per heavy atom. The summed E-state index contributed by atoms with van der Waals surface area (Å²) in [4.78, 5) is 14.4. The van der Waals surface area contributed by atoms with Crippen LogP contribution in [-0.2, 0) is 6.42 Å². The highest BCUT2D eigenvalue weighted by Crippen LogP contribution is 2.22. The maximum absolute atomic E-state index is 12.3. The van der Waals surface area contributed by atoms with Crippen LogP contribution in [0.4, 0.5) is 0 Å². The molecule has 4 nitrogen and oxygen atoms in total. The fourth-order valence-electron chi connectivity index (χ4n) is 2.37. The van der Waals surface area contributed by atoms with Crippen LogP contribution in [-0.4, -0.2) is 42.6 Å². The van der Waals surface area contributed by atoms with Crippen molar-refractivity contribution in [2.24, 2.45) is 5.73 Å². The molecule has 0 aliphatic carbocycles. The minimum atomic E-state index is 0.128. The molecule has 0 aliphatic rings. The van der Waals surface area contributed by atoms with Crippen molar-refractivity contribution in [2.75, 3.05) is 27.2 Å². The summed E-state index contributed by atoms with van der Waals surface area (Å²) in [5.74, 6) is 0.128. The monoisotopic (exact) mass is 273 g/mol. The van der Waals surface area contributed by atoms with E-state index in [1.54, 1.807) is 4.57 Å². The predicted molar refractivity (Wildman–Crippen MR) is 83.1 cm³/mol. The number of likely N-dealkylation sites (N-methyl/N-ethyl adjacent to an activating group) is 1. The first-order chi connectivity index (χ1) is 9.63. The maximum atomic E-state index is 12.3. The molecule has 0 fully saturated rings. The van der Waals surface area contributed by atoms with Gasteiger partial charge < -0.3 is 10.6 Å². The van der Waals surface area contributed by atoms with E-state index in [9.17, 15) is 4.79 Å². The first-order valence-corrected chi connectivity index (χ1v) is 7.10. The van der Waals surface area contributed by atoms with Gasteiger partial charge in [0.25, 0.3) is 0 Å². The third-order valence-corrected chi connectivity index (χ3v) is 3.49. The van der Waals surface area contributed by atoms with Crippen molar-refractivity contribution in [3.63, 3.8) is 0 Å². The van der Waals surface area contributed by atoms with Gasteiger partial charge in [-0.3, -0.25) is 9.36 Å². The van der Waals surface area contributed by atoms with E-state index in [1.165, 1.54) is 10.9 Å². The SMILES string of the molecule is CN(C)CCc1cn(C(=O)CCCN)c2ccccc12. The molecule has 0 bridgehead atoms. The lowest BCUT2D eigenvalue weighted by atomic mass is 10.1. The second-order valence-electron chi connectivity index (χ2n) is 5.38. The van der Waals surface area contributed by atoms with Gasteiger partial charge in [-0.1, -0.05) is 18.2 Å². The number of aromatic nitrogens is 1. The molecule has 20 heavy (non-hydrogen) atoms. The molecule has 1 aromatic carbocycles. The standard InChI is InChI=1S/C16H23N3O/c1-18(2)11-9-13-12-19(16(20)8-5-10-17)15-7-4-3-6-14(13)15/h3-4,6-7,12H,5,8-11,17H2,1-2H3. The summed E-state index contributed by atoms with van der Waals surface area (Å²) >= 11 is 0. The topological polar surface area (TPSA) is 51.3 Å². The van der Waals surface area contributed by atoms with Gasteiger partial charge in [-0.2, -0.15) is 0 Å². The Kier molecular flexibility index (Phi) is 4.93. The van der Waals surface area contributed by atoms with E-state index in [1.807, 2.05) is 24.4 Å². The Labute approximate surface area is 120 Å². The van der Waals surface area contributed by atoms with E-state index < -0.39 is 0 Å². The van der Waals surface area contributed by atoms with Crippen LogP contribution >= 0.6 is 0 Å². The van der Waals surface area contributed by atoms with Crippen molar-refractivity contribution in [2.45, 2.75) is 19.3 Å². The molecular weight excluding hydrogens is 250 g/mol.